The van der Waals surface area contributed by atoms with E-state index in [1.165, 1.54) is 0 Å². The molecule has 4 nitrogen and oxygen atoms in total. The number of hydrogen-bond donors (Lipinski definition) is 1. The van der Waals surface area contributed by atoms with Crippen molar-refractivity contribution in [2.24, 2.45) is 0 Å². The van der Waals surface area contributed by atoms with Gasteiger partial charge in [0.2, 0.25) is 5.91 Å². The molecule has 1 aromatic heterocycles. The van der Waals surface area contributed by atoms with Crippen LogP contribution in [0.25, 0.3) is 0 Å². The molecule has 0 atom stereocenters. The van der Waals surface area contributed by atoms with Crippen molar-refractivity contribution >= 4 is 23.4 Å². The van der Waals surface area contributed by atoms with Gasteiger partial charge in [0.05, 0.1) is 11.4 Å². The molecular weight excluding hydrogens is 308 g/mol. The van der Waals surface area contributed by atoms with Gasteiger partial charge in [0, 0.05) is 17.5 Å². The molecular formula is C15H15F2N3OS. The van der Waals surface area contributed by atoms with E-state index >= 15 is 0 Å². The molecule has 2 rings (SSSR count). The van der Waals surface area contributed by atoms with Crippen LogP contribution in [0.2, 0.25) is 0 Å². The van der Waals surface area contributed by atoms with Crippen molar-refractivity contribution in [3.63, 3.8) is 0 Å². The fourth-order valence-electron chi connectivity index (χ4n) is 1.72. The molecule has 22 heavy (non-hydrogen) atoms. The van der Waals surface area contributed by atoms with Crippen molar-refractivity contribution in [1.82, 2.24) is 9.97 Å². The Labute approximate surface area is 131 Å². The van der Waals surface area contributed by atoms with Crippen molar-refractivity contribution in [2.45, 2.75) is 25.9 Å². The number of hydrogen-bond acceptors (Lipinski definition) is 4. The normalized spacial score (nSPS) is 10.6. The van der Waals surface area contributed by atoms with Crippen LogP contribution in [0.4, 0.5) is 14.5 Å². The summed E-state index contributed by atoms with van der Waals surface area (Å²) in [5.41, 5.74) is 2.54. The van der Waals surface area contributed by atoms with Crippen LogP contribution in [-0.2, 0) is 4.79 Å². The summed E-state index contributed by atoms with van der Waals surface area (Å²) in [4.78, 5) is 20.4. The van der Waals surface area contributed by atoms with Gasteiger partial charge in [0.25, 0.3) is 0 Å². The maximum absolute atomic E-state index is 13.4. The number of benzene rings is 1. The van der Waals surface area contributed by atoms with E-state index in [2.05, 4.69) is 15.3 Å². The van der Waals surface area contributed by atoms with Gasteiger partial charge in [-0.3, -0.25) is 4.79 Å². The number of amides is 1. The van der Waals surface area contributed by atoms with Crippen molar-refractivity contribution < 1.29 is 13.6 Å². The largest absolute Gasteiger partial charge is 0.323 e. The third-order valence-corrected chi connectivity index (χ3v) is 3.99. The van der Waals surface area contributed by atoms with Crippen LogP contribution in [-0.4, -0.2) is 21.6 Å². The number of aromatic nitrogens is 2. The van der Waals surface area contributed by atoms with E-state index in [1.54, 1.807) is 0 Å². The number of carbonyl (C=O) groups excluding carboxylic acids is 1. The molecule has 2 aromatic rings. The van der Waals surface area contributed by atoms with Gasteiger partial charge in [-0.2, -0.15) is 0 Å². The fourth-order valence-corrected chi connectivity index (χ4v) is 2.45. The van der Waals surface area contributed by atoms with E-state index in [4.69, 9.17) is 0 Å². The van der Waals surface area contributed by atoms with Gasteiger partial charge in [0.15, 0.2) is 5.16 Å². The molecule has 1 N–H and O–H groups in total. The summed E-state index contributed by atoms with van der Waals surface area (Å²) in [7, 11) is 0. The standard InChI is InChI=1S/C15H15F2N3OS/c1-8-9(2)18-15(19-10(8)3)22-7-14(21)20-13-6-11(16)4-5-12(13)17/h4-6H,7H2,1-3H3,(H,20,21). The second-order valence-electron chi connectivity index (χ2n) is 4.76. The fraction of sp³-hybridized carbons (Fsp3) is 0.267. The number of anilines is 1. The SMILES string of the molecule is Cc1nc(SCC(=O)Nc2cc(F)ccc2F)nc(C)c1C. The average Bonchev–Trinajstić information content (AvgIpc) is 2.46. The minimum absolute atomic E-state index is 0.0118. The third-order valence-electron chi connectivity index (χ3n) is 3.15. The molecule has 7 heteroatoms. The Kier molecular flexibility index (Phi) is 5.07. The second kappa shape index (κ2) is 6.83. The van der Waals surface area contributed by atoms with Crippen LogP contribution in [0.3, 0.4) is 0 Å². The minimum Gasteiger partial charge on any atom is -0.323 e. The molecule has 116 valence electrons. The van der Waals surface area contributed by atoms with E-state index in [0.29, 0.717) is 5.16 Å². The van der Waals surface area contributed by atoms with Crippen LogP contribution >= 0.6 is 11.8 Å². The van der Waals surface area contributed by atoms with Gasteiger partial charge in [-0.25, -0.2) is 18.7 Å². The van der Waals surface area contributed by atoms with Gasteiger partial charge in [-0.1, -0.05) is 11.8 Å². The summed E-state index contributed by atoms with van der Waals surface area (Å²) in [6, 6.07) is 2.90. The summed E-state index contributed by atoms with van der Waals surface area (Å²) in [5, 5.41) is 2.81. The highest BCUT2D eigenvalue weighted by Crippen LogP contribution is 2.19. The van der Waals surface area contributed by atoms with E-state index < -0.39 is 17.5 Å². The van der Waals surface area contributed by atoms with Gasteiger partial charge in [-0.15, -0.1) is 0 Å². The topological polar surface area (TPSA) is 54.9 Å². The van der Waals surface area contributed by atoms with Gasteiger partial charge in [-0.05, 0) is 38.5 Å². The lowest BCUT2D eigenvalue weighted by atomic mass is 10.2. The van der Waals surface area contributed by atoms with Crippen molar-refractivity contribution in [3.05, 3.63) is 46.8 Å². The molecule has 0 aliphatic heterocycles. The third kappa shape index (κ3) is 4.00. The lowest BCUT2D eigenvalue weighted by Crippen LogP contribution is -2.15. The van der Waals surface area contributed by atoms with Crippen molar-refractivity contribution in [1.29, 1.82) is 0 Å². The molecule has 0 unspecified atom stereocenters. The van der Waals surface area contributed by atoms with Crippen LogP contribution in [0, 0.1) is 32.4 Å². The quantitative estimate of drug-likeness (QED) is 0.692. The average molecular weight is 323 g/mol. The zero-order chi connectivity index (χ0) is 16.3. The number of thioether (sulfide) groups is 1. The molecule has 1 aromatic carbocycles. The zero-order valence-corrected chi connectivity index (χ0v) is 13.2. The maximum atomic E-state index is 13.4. The Hall–Kier alpha value is -2.02. The molecule has 0 aliphatic rings. The molecule has 0 radical (unpaired) electrons. The molecule has 0 bridgehead atoms. The Morgan fingerprint density at radius 3 is 2.45 bits per heavy atom. The summed E-state index contributed by atoms with van der Waals surface area (Å²) in [5.74, 6) is -1.73. The predicted octanol–water partition coefficient (Wildman–Crippen LogP) is 3.41. The molecule has 0 saturated carbocycles. The van der Waals surface area contributed by atoms with Crippen LogP contribution in [0.5, 0.6) is 0 Å². The van der Waals surface area contributed by atoms with E-state index in [-0.39, 0.29) is 11.4 Å². The van der Waals surface area contributed by atoms with Crippen molar-refractivity contribution in [2.75, 3.05) is 11.1 Å². The van der Waals surface area contributed by atoms with Crippen LogP contribution in [0.15, 0.2) is 23.4 Å². The molecule has 0 spiro atoms. The summed E-state index contributed by atoms with van der Waals surface area (Å²) in [6.07, 6.45) is 0. The van der Waals surface area contributed by atoms with Gasteiger partial charge >= 0.3 is 0 Å². The van der Waals surface area contributed by atoms with Crippen LogP contribution < -0.4 is 5.32 Å². The highest BCUT2D eigenvalue weighted by atomic mass is 32.2. The summed E-state index contributed by atoms with van der Waals surface area (Å²) >= 11 is 1.14. The predicted molar refractivity (Wildman–Crippen MR) is 82.0 cm³/mol. The Morgan fingerprint density at radius 2 is 1.82 bits per heavy atom. The number of aryl methyl sites for hydroxylation is 2. The van der Waals surface area contributed by atoms with E-state index in [9.17, 15) is 13.6 Å². The van der Waals surface area contributed by atoms with E-state index in [1.807, 2.05) is 20.8 Å². The first-order chi connectivity index (χ1) is 10.4. The van der Waals surface area contributed by atoms with Crippen molar-refractivity contribution in [3.8, 4) is 0 Å². The number of nitrogens with one attached hydrogen (secondary N) is 1. The monoisotopic (exact) mass is 323 g/mol. The molecule has 1 heterocycles. The Morgan fingerprint density at radius 1 is 1.18 bits per heavy atom. The van der Waals surface area contributed by atoms with E-state index in [0.717, 1.165) is 46.9 Å². The highest BCUT2D eigenvalue weighted by Gasteiger charge is 2.11. The minimum atomic E-state index is -0.682. The Balaban J connectivity index is 2.00. The summed E-state index contributed by atoms with van der Waals surface area (Å²) in [6.45, 7) is 5.67. The molecule has 1 amide bonds. The number of halogens is 2. The first-order valence-corrected chi connectivity index (χ1v) is 7.55. The molecule has 0 saturated heterocycles. The molecule has 0 fully saturated rings. The number of nitrogens with zero attached hydrogens (tertiary/aromatic N) is 2. The van der Waals surface area contributed by atoms with Gasteiger partial charge in [0.1, 0.15) is 11.6 Å². The highest BCUT2D eigenvalue weighted by molar-refractivity contribution is 7.99. The lowest BCUT2D eigenvalue weighted by molar-refractivity contribution is -0.113. The lowest BCUT2D eigenvalue weighted by Gasteiger charge is -2.08. The smallest absolute Gasteiger partial charge is 0.234 e. The number of rotatable bonds is 4. The second-order valence-corrected chi connectivity index (χ2v) is 5.71. The molecule has 0 aliphatic carbocycles. The first kappa shape index (κ1) is 16.4. The van der Waals surface area contributed by atoms with Crippen LogP contribution in [0.1, 0.15) is 17.0 Å². The maximum Gasteiger partial charge on any atom is 0.234 e. The Bertz CT molecular complexity index is 699. The zero-order valence-electron chi connectivity index (χ0n) is 12.4. The number of carbonyl (C=O) groups is 1. The summed E-state index contributed by atoms with van der Waals surface area (Å²) < 4.78 is 26.5. The van der Waals surface area contributed by atoms with Gasteiger partial charge < -0.3 is 5.32 Å². The first-order valence-electron chi connectivity index (χ1n) is 6.56.